The predicted octanol–water partition coefficient (Wildman–Crippen LogP) is -0.0464. The SMILES string of the molecule is CN(C)S(=O)(=O)c1cc(N)c2[nH]c(=O)oc2c1. The van der Waals surface area contributed by atoms with Crippen molar-refractivity contribution in [2.75, 3.05) is 19.8 Å². The van der Waals surface area contributed by atoms with Crippen LogP contribution in [-0.2, 0) is 10.0 Å². The number of fused-ring (bicyclic) bond motifs is 1. The van der Waals surface area contributed by atoms with Gasteiger partial charge in [-0.2, -0.15) is 0 Å². The first-order valence-electron chi connectivity index (χ1n) is 4.67. The molecule has 17 heavy (non-hydrogen) atoms. The minimum atomic E-state index is -3.60. The number of anilines is 1. The van der Waals surface area contributed by atoms with E-state index in [1.165, 1.54) is 26.2 Å². The first-order chi connectivity index (χ1) is 7.82. The number of benzene rings is 1. The van der Waals surface area contributed by atoms with E-state index in [2.05, 4.69) is 4.98 Å². The Bertz CT molecular complexity index is 726. The van der Waals surface area contributed by atoms with Crippen molar-refractivity contribution in [3.8, 4) is 0 Å². The fraction of sp³-hybridized carbons (Fsp3) is 0.222. The molecule has 0 bridgehead atoms. The third-order valence-corrected chi connectivity index (χ3v) is 4.11. The standard InChI is InChI=1S/C9H11N3O4S/c1-12(2)17(14,15)5-3-6(10)8-7(4-5)16-9(13)11-8/h3-4H,10H2,1-2H3,(H,11,13). The van der Waals surface area contributed by atoms with Gasteiger partial charge < -0.3 is 10.2 Å². The minimum Gasteiger partial charge on any atom is -0.408 e. The van der Waals surface area contributed by atoms with Crippen LogP contribution in [0, 0.1) is 0 Å². The molecule has 0 amide bonds. The molecule has 0 aliphatic carbocycles. The van der Waals surface area contributed by atoms with Gasteiger partial charge in [0.2, 0.25) is 10.0 Å². The summed E-state index contributed by atoms with van der Waals surface area (Å²) in [6.45, 7) is 0. The lowest BCUT2D eigenvalue weighted by molar-refractivity contribution is 0.519. The highest BCUT2D eigenvalue weighted by Gasteiger charge is 2.20. The molecule has 2 rings (SSSR count). The van der Waals surface area contributed by atoms with Crippen LogP contribution in [0.4, 0.5) is 5.69 Å². The Labute approximate surface area is 96.9 Å². The van der Waals surface area contributed by atoms with Crippen molar-refractivity contribution in [3.63, 3.8) is 0 Å². The number of nitrogens with two attached hydrogens (primary N) is 1. The molecule has 0 saturated carbocycles. The molecule has 1 heterocycles. The van der Waals surface area contributed by atoms with Crippen LogP contribution < -0.4 is 11.5 Å². The number of hydrogen-bond donors (Lipinski definition) is 2. The number of aromatic nitrogens is 1. The average molecular weight is 257 g/mol. The molecular weight excluding hydrogens is 246 g/mol. The highest BCUT2D eigenvalue weighted by Crippen LogP contribution is 2.24. The van der Waals surface area contributed by atoms with Gasteiger partial charge in [0, 0.05) is 20.2 Å². The maximum absolute atomic E-state index is 11.9. The Morgan fingerprint density at radius 3 is 2.59 bits per heavy atom. The number of sulfonamides is 1. The van der Waals surface area contributed by atoms with Crippen molar-refractivity contribution in [2.45, 2.75) is 4.90 Å². The molecule has 0 saturated heterocycles. The number of aromatic amines is 1. The van der Waals surface area contributed by atoms with Crippen LogP contribution >= 0.6 is 0 Å². The summed E-state index contributed by atoms with van der Waals surface area (Å²) >= 11 is 0. The van der Waals surface area contributed by atoms with E-state index >= 15 is 0 Å². The molecule has 3 N–H and O–H groups in total. The van der Waals surface area contributed by atoms with E-state index < -0.39 is 15.8 Å². The molecule has 1 aromatic heterocycles. The first-order valence-corrected chi connectivity index (χ1v) is 6.11. The molecule has 0 aliphatic heterocycles. The molecule has 0 radical (unpaired) electrons. The molecule has 0 spiro atoms. The Kier molecular flexibility index (Phi) is 2.48. The Morgan fingerprint density at radius 1 is 1.35 bits per heavy atom. The maximum Gasteiger partial charge on any atom is 0.417 e. The molecule has 8 heteroatoms. The van der Waals surface area contributed by atoms with Crippen molar-refractivity contribution >= 4 is 26.8 Å². The van der Waals surface area contributed by atoms with Gasteiger partial charge in [0.05, 0.1) is 10.6 Å². The molecule has 0 unspecified atom stereocenters. The van der Waals surface area contributed by atoms with E-state index in [0.717, 1.165) is 4.31 Å². The number of H-pyrrole nitrogens is 1. The smallest absolute Gasteiger partial charge is 0.408 e. The van der Waals surface area contributed by atoms with Gasteiger partial charge in [0.15, 0.2) is 5.58 Å². The highest BCUT2D eigenvalue weighted by atomic mass is 32.2. The van der Waals surface area contributed by atoms with Crippen molar-refractivity contribution in [3.05, 3.63) is 22.7 Å². The second kappa shape index (κ2) is 3.60. The average Bonchev–Trinajstić information content (AvgIpc) is 2.58. The fourth-order valence-electron chi connectivity index (χ4n) is 1.41. The zero-order valence-corrected chi connectivity index (χ0v) is 10.0. The zero-order valence-electron chi connectivity index (χ0n) is 9.22. The minimum absolute atomic E-state index is 0.0183. The summed E-state index contributed by atoms with van der Waals surface area (Å²) in [4.78, 5) is 13.4. The van der Waals surface area contributed by atoms with Crippen molar-refractivity contribution < 1.29 is 12.8 Å². The molecule has 0 fully saturated rings. The molecule has 0 atom stereocenters. The largest absolute Gasteiger partial charge is 0.417 e. The lowest BCUT2D eigenvalue weighted by Crippen LogP contribution is -2.22. The topological polar surface area (TPSA) is 109 Å². The first kappa shape index (κ1) is 11.7. The van der Waals surface area contributed by atoms with Gasteiger partial charge in [0.25, 0.3) is 0 Å². The maximum atomic E-state index is 11.9. The molecular formula is C9H11N3O4S. The number of nitrogens with one attached hydrogen (secondary N) is 1. The number of nitrogen functional groups attached to an aromatic ring is 1. The van der Waals surface area contributed by atoms with E-state index in [1.54, 1.807) is 0 Å². The van der Waals surface area contributed by atoms with E-state index in [1.807, 2.05) is 0 Å². The molecule has 7 nitrogen and oxygen atoms in total. The second-order valence-corrected chi connectivity index (χ2v) is 5.84. The quantitative estimate of drug-likeness (QED) is 0.733. The Hall–Kier alpha value is -1.80. The number of rotatable bonds is 2. The van der Waals surface area contributed by atoms with Gasteiger partial charge >= 0.3 is 5.76 Å². The Balaban J connectivity index is 2.78. The summed E-state index contributed by atoms with van der Waals surface area (Å²) < 4.78 is 29.6. The number of nitrogens with zero attached hydrogens (tertiary/aromatic N) is 1. The van der Waals surface area contributed by atoms with Crippen LogP contribution in [0.3, 0.4) is 0 Å². The lowest BCUT2D eigenvalue weighted by Gasteiger charge is -2.11. The molecule has 2 aromatic rings. The molecule has 92 valence electrons. The van der Waals surface area contributed by atoms with Gasteiger partial charge in [-0.25, -0.2) is 17.5 Å². The molecule has 1 aromatic carbocycles. The number of hydrogen-bond acceptors (Lipinski definition) is 5. The van der Waals surface area contributed by atoms with Gasteiger partial charge in [-0.05, 0) is 6.07 Å². The zero-order chi connectivity index (χ0) is 12.8. The summed E-state index contributed by atoms with van der Waals surface area (Å²) in [5.41, 5.74) is 6.22. The second-order valence-electron chi connectivity index (χ2n) is 3.69. The van der Waals surface area contributed by atoms with Crippen LogP contribution in [-0.4, -0.2) is 31.8 Å². The van der Waals surface area contributed by atoms with Crippen LogP contribution in [0.2, 0.25) is 0 Å². The third kappa shape index (κ3) is 1.81. The fourth-order valence-corrected chi connectivity index (χ4v) is 2.37. The van der Waals surface area contributed by atoms with Gasteiger partial charge in [0.1, 0.15) is 5.52 Å². The van der Waals surface area contributed by atoms with Crippen LogP contribution in [0.1, 0.15) is 0 Å². The van der Waals surface area contributed by atoms with Crippen LogP contribution in [0.15, 0.2) is 26.2 Å². The van der Waals surface area contributed by atoms with Crippen LogP contribution in [0.25, 0.3) is 11.1 Å². The van der Waals surface area contributed by atoms with Crippen molar-refractivity contribution in [2.24, 2.45) is 0 Å². The predicted molar refractivity (Wildman–Crippen MR) is 62.1 cm³/mol. The van der Waals surface area contributed by atoms with Gasteiger partial charge in [-0.1, -0.05) is 0 Å². The summed E-state index contributed by atoms with van der Waals surface area (Å²) in [5.74, 6) is -0.675. The van der Waals surface area contributed by atoms with E-state index in [4.69, 9.17) is 10.2 Å². The lowest BCUT2D eigenvalue weighted by atomic mass is 10.3. The highest BCUT2D eigenvalue weighted by molar-refractivity contribution is 7.89. The molecule has 0 aliphatic rings. The van der Waals surface area contributed by atoms with E-state index in [9.17, 15) is 13.2 Å². The van der Waals surface area contributed by atoms with Crippen LogP contribution in [0.5, 0.6) is 0 Å². The van der Waals surface area contributed by atoms with Crippen molar-refractivity contribution in [1.29, 1.82) is 0 Å². The summed E-state index contributed by atoms with van der Waals surface area (Å²) in [6, 6.07) is 2.54. The monoisotopic (exact) mass is 257 g/mol. The summed E-state index contributed by atoms with van der Waals surface area (Å²) in [6.07, 6.45) is 0. The van der Waals surface area contributed by atoms with Gasteiger partial charge in [-0.3, -0.25) is 4.98 Å². The summed E-state index contributed by atoms with van der Waals surface area (Å²) in [5, 5.41) is 0. The van der Waals surface area contributed by atoms with Gasteiger partial charge in [-0.15, -0.1) is 0 Å². The van der Waals surface area contributed by atoms with E-state index in [0.29, 0.717) is 5.52 Å². The Morgan fingerprint density at radius 2 is 2.00 bits per heavy atom. The van der Waals surface area contributed by atoms with Crippen molar-refractivity contribution in [1.82, 2.24) is 9.29 Å². The third-order valence-electron chi connectivity index (χ3n) is 2.31. The normalized spacial score (nSPS) is 12.4. The van der Waals surface area contributed by atoms with E-state index in [-0.39, 0.29) is 16.2 Å². The summed E-state index contributed by atoms with van der Waals surface area (Å²) in [7, 11) is -0.793. The number of oxazole rings is 1.